The molecule has 0 amide bonds. The molecule has 6 fully saturated rings. The zero-order valence-corrected chi connectivity index (χ0v) is 21.4. The van der Waals surface area contributed by atoms with Crippen LogP contribution in [0.5, 0.6) is 0 Å². The summed E-state index contributed by atoms with van der Waals surface area (Å²) >= 11 is 0. The Bertz CT molecular complexity index is 786. The highest BCUT2D eigenvalue weighted by atomic mass is 17.3. The highest BCUT2D eigenvalue weighted by molar-refractivity contribution is 5.89. The molecule has 5 aliphatic carbocycles. The highest BCUT2D eigenvalue weighted by Gasteiger charge is 2.66. The van der Waals surface area contributed by atoms with Crippen molar-refractivity contribution in [2.45, 2.75) is 101 Å². The maximum Gasteiger partial charge on any atom is 0.328 e. The molecule has 0 aromatic heterocycles. The van der Waals surface area contributed by atoms with Crippen LogP contribution in [0.4, 0.5) is 0 Å². The molecule has 204 valence electrons. The van der Waals surface area contributed by atoms with Crippen molar-refractivity contribution in [2.75, 3.05) is 6.54 Å². The maximum atomic E-state index is 10.3. The Hall–Kier alpha value is -1.56. The number of nitrogens with two attached hydrogens (primary N) is 1. The van der Waals surface area contributed by atoms with Crippen molar-refractivity contribution in [1.29, 1.82) is 0 Å². The fourth-order valence-electron chi connectivity index (χ4n) is 7.07. The van der Waals surface area contributed by atoms with Gasteiger partial charge in [0.25, 0.3) is 0 Å². The Morgan fingerprint density at radius 2 is 1.53 bits per heavy atom. The summed E-state index contributed by atoms with van der Waals surface area (Å²) in [6, 6.07) is 0. The molecule has 4 bridgehead atoms. The maximum absolute atomic E-state index is 10.3. The largest absolute Gasteiger partial charge is 0.478 e. The van der Waals surface area contributed by atoms with E-state index in [0.717, 1.165) is 43.9 Å². The lowest BCUT2D eigenvalue weighted by Crippen LogP contribution is -2.59. The quantitative estimate of drug-likeness (QED) is 0.196. The van der Waals surface area contributed by atoms with Gasteiger partial charge in [-0.3, -0.25) is 5.32 Å². The molecular weight excluding hydrogens is 468 g/mol. The first-order chi connectivity index (χ1) is 16.9. The number of aliphatic hydroxyl groups excluding tert-OH is 1. The van der Waals surface area contributed by atoms with E-state index in [-0.39, 0.29) is 5.54 Å². The molecule has 6 aliphatic rings. The van der Waals surface area contributed by atoms with Gasteiger partial charge in [0.15, 0.2) is 0 Å². The number of hydrogen-bond acceptors (Lipinski definition) is 8. The second kappa shape index (κ2) is 10.7. The third kappa shape index (κ3) is 6.46. The van der Waals surface area contributed by atoms with E-state index < -0.39 is 29.7 Å². The van der Waals surface area contributed by atoms with E-state index in [4.69, 9.17) is 30.5 Å². The van der Waals surface area contributed by atoms with Gasteiger partial charge in [-0.1, -0.05) is 0 Å². The van der Waals surface area contributed by atoms with E-state index in [1.807, 2.05) is 13.8 Å². The average molecular weight is 511 g/mol. The van der Waals surface area contributed by atoms with Gasteiger partial charge in [-0.25, -0.2) is 9.59 Å². The van der Waals surface area contributed by atoms with E-state index in [0.29, 0.717) is 36.5 Å². The molecule has 1 unspecified atom stereocenters. The second-order valence-corrected chi connectivity index (χ2v) is 12.3. The van der Waals surface area contributed by atoms with Crippen LogP contribution in [0.2, 0.25) is 0 Å². The molecule has 0 aromatic carbocycles. The lowest BCUT2D eigenvalue weighted by atomic mass is 9.53. The van der Waals surface area contributed by atoms with Gasteiger partial charge < -0.3 is 25.8 Å². The predicted octanol–water partition coefficient (Wildman–Crippen LogP) is 2.75. The summed E-state index contributed by atoms with van der Waals surface area (Å²) in [4.78, 5) is 31.2. The van der Waals surface area contributed by atoms with E-state index >= 15 is 0 Å². The third-order valence-corrected chi connectivity index (χ3v) is 8.53. The minimum absolute atomic E-state index is 0.312. The van der Waals surface area contributed by atoms with Gasteiger partial charge in [-0.2, -0.15) is 9.78 Å². The zero-order chi connectivity index (χ0) is 26.1. The number of hydrogen-bond donors (Lipinski definition) is 5. The number of aliphatic hydroxyl groups is 1. The first-order valence-corrected chi connectivity index (χ1v) is 13.3. The van der Waals surface area contributed by atoms with Gasteiger partial charge in [-0.05, 0) is 83.0 Å². The van der Waals surface area contributed by atoms with Crippen LogP contribution >= 0.6 is 0 Å². The van der Waals surface area contributed by atoms with Gasteiger partial charge in [0.05, 0.1) is 0 Å². The molecule has 1 aliphatic heterocycles. The lowest BCUT2D eigenvalue weighted by molar-refractivity contribution is -0.390. The second-order valence-electron chi connectivity index (χ2n) is 12.3. The summed E-state index contributed by atoms with van der Waals surface area (Å²) in [6.45, 7) is 4.54. The van der Waals surface area contributed by atoms with E-state index in [1.54, 1.807) is 0 Å². The van der Waals surface area contributed by atoms with Crippen LogP contribution in [0.25, 0.3) is 0 Å². The average Bonchev–Trinajstić information content (AvgIpc) is 3.16. The highest BCUT2D eigenvalue weighted by Crippen LogP contribution is 2.63. The van der Waals surface area contributed by atoms with Crippen LogP contribution in [0, 0.1) is 29.6 Å². The smallest absolute Gasteiger partial charge is 0.328 e. The van der Waals surface area contributed by atoms with Gasteiger partial charge in [0.2, 0.25) is 11.6 Å². The van der Waals surface area contributed by atoms with Gasteiger partial charge >= 0.3 is 11.9 Å². The first-order valence-electron chi connectivity index (χ1n) is 13.3. The zero-order valence-electron chi connectivity index (χ0n) is 21.4. The predicted molar refractivity (Wildman–Crippen MR) is 129 cm³/mol. The topological polar surface area (TPSA) is 161 Å². The minimum Gasteiger partial charge on any atom is -0.478 e. The van der Waals surface area contributed by atoms with Crippen LogP contribution in [0.1, 0.15) is 78.1 Å². The summed E-state index contributed by atoms with van der Waals surface area (Å²) in [6.07, 6.45) is 11.5. The molecule has 36 heavy (non-hydrogen) atoms. The van der Waals surface area contributed by atoms with E-state index in [2.05, 4.69) is 5.32 Å². The molecular formula is C26H42N2O8. The fraction of sp³-hybridized carbons (Fsp3) is 0.846. The number of carboxylic acids is 2. The number of ether oxygens (including phenoxy) is 1. The number of nitrogens with one attached hydrogen (secondary N) is 1. The van der Waals surface area contributed by atoms with Gasteiger partial charge in [0.1, 0.15) is 6.23 Å². The van der Waals surface area contributed by atoms with Crippen molar-refractivity contribution >= 4 is 11.9 Å². The summed E-state index contributed by atoms with van der Waals surface area (Å²) < 4.78 is 6.76. The lowest BCUT2D eigenvalue weighted by Gasteiger charge is -2.57. The molecule has 10 nitrogen and oxygen atoms in total. The molecule has 5 saturated carbocycles. The summed E-state index contributed by atoms with van der Waals surface area (Å²) in [5, 5.41) is 29.1. The standard InChI is InChI=1S/C22H38N2O4.C4H4O4/c1-20(2,23)13-24-19(25)12-14-3-5-21(6-4-14)26-22(28-27-21)17-8-15-7-16(10-17)11-18(22)9-15;5-3(6)1-2-4(7)8/h14-19,24-25H,3-13,23H2,1-2H3;1-2H,(H,5,6)(H,7,8)/b;2-1-. The molecule has 0 radical (unpaired) electrons. The Kier molecular flexibility index (Phi) is 8.14. The number of carboxylic acid groups (broad SMARTS) is 2. The van der Waals surface area contributed by atoms with Crippen molar-refractivity contribution in [1.82, 2.24) is 5.32 Å². The first kappa shape index (κ1) is 27.5. The number of carbonyl (C=O) groups is 2. The Morgan fingerprint density at radius 3 is 2.00 bits per heavy atom. The molecule has 2 spiro atoms. The van der Waals surface area contributed by atoms with E-state index in [9.17, 15) is 14.7 Å². The third-order valence-electron chi connectivity index (χ3n) is 8.53. The molecule has 0 aromatic rings. The Labute approximate surface area is 212 Å². The minimum atomic E-state index is -1.26. The van der Waals surface area contributed by atoms with Gasteiger partial charge in [0, 0.05) is 48.9 Å². The molecule has 1 saturated heterocycles. The summed E-state index contributed by atoms with van der Waals surface area (Å²) in [7, 11) is 0. The van der Waals surface area contributed by atoms with Crippen LogP contribution in [-0.2, 0) is 24.1 Å². The van der Waals surface area contributed by atoms with Crippen molar-refractivity contribution in [3.05, 3.63) is 12.2 Å². The van der Waals surface area contributed by atoms with Crippen molar-refractivity contribution in [3.63, 3.8) is 0 Å². The molecule has 10 heteroatoms. The summed E-state index contributed by atoms with van der Waals surface area (Å²) in [5.74, 6) is -0.230. The molecule has 1 atom stereocenters. The van der Waals surface area contributed by atoms with Crippen molar-refractivity contribution < 1.29 is 39.4 Å². The fourth-order valence-corrected chi connectivity index (χ4v) is 7.07. The van der Waals surface area contributed by atoms with Crippen LogP contribution in [0.15, 0.2) is 12.2 Å². The SMILES string of the molecule is CC(C)(N)CNC(O)CC1CCC2(CC1)OOC1(O2)C2CC3CC(C2)CC1C3.O=C(O)/C=C\C(=O)O. The van der Waals surface area contributed by atoms with Crippen LogP contribution in [0.3, 0.4) is 0 Å². The molecule has 6 rings (SSSR count). The van der Waals surface area contributed by atoms with Gasteiger partial charge in [-0.15, -0.1) is 0 Å². The number of rotatable bonds is 7. The van der Waals surface area contributed by atoms with Crippen LogP contribution < -0.4 is 11.1 Å². The summed E-state index contributed by atoms with van der Waals surface area (Å²) in [5.41, 5.74) is 5.68. The van der Waals surface area contributed by atoms with Crippen molar-refractivity contribution in [3.8, 4) is 0 Å². The van der Waals surface area contributed by atoms with Crippen LogP contribution in [-0.4, -0.2) is 57.1 Å². The Balaban J connectivity index is 0.000000331. The molecule has 1 heterocycles. The molecule has 6 N–H and O–H groups in total. The van der Waals surface area contributed by atoms with Crippen molar-refractivity contribution in [2.24, 2.45) is 35.3 Å². The monoisotopic (exact) mass is 510 g/mol. The number of aliphatic carboxylic acids is 2. The Morgan fingerprint density at radius 1 is 1.00 bits per heavy atom. The van der Waals surface area contributed by atoms with E-state index in [1.165, 1.54) is 32.1 Å². The normalized spacial score (nSPS) is 39.9.